The van der Waals surface area contributed by atoms with Gasteiger partial charge in [-0.25, -0.2) is 4.98 Å². The number of hydrogen-bond donors (Lipinski definition) is 0. The first-order chi connectivity index (χ1) is 11.6. The van der Waals surface area contributed by atoms with Gasteiger partial charge in [0.2, 0.25) is 11.8 Å². The van der Waals surface area contributed by atoms with Gasteiger partial charge in [-0.2, -0.15) is 4.98 Å². The molecule has 1 aliphatic rings. The Labute approximate surface area is 145 Å². The molecule has 0 bridgehead atoms. The molecule has 0 spiro atoms. The third kappa shape index (κ3) is 3.49. The summed E-state index contributed by atoms with van der Waals surface area (Å²) in [7, 11) is 0. The number of aromatic nitrogens is 3. The zero-order chi connectivity index (χ0) is 17.1. The lowest BCUT2D eigenvalue weighted by molar-refractivity contribution is -0.116. The van der Waals surface area contributed by atoms with Crippen LogP contribution in [0.4, 0.5) is 5.13 Å². The fraction of sp³-hybridized carbons (Fsp3) is 0.625. The van der Waals surface area contributed by atoms with Crippen LogP contribution in [0.15, 0.2) is 9.90 Å². The van der Waals surface area contributed by atoms with Gasteiger partial charge in [-0.3, -0.25) is 14.6 Å². The predicted molar refractivity (Wildman–Crippen MR) is 91.9 cm³/mol. The third-order valence-electron chi connectivity index (χ3n) is 4.28. The van der Waals surface area contributed by atoms with Crippen molar-refractivity contribution in [1.29, 1.82) is 0 Å². The van der Waals surface area contributed by atoms with E-state index in [0.717, 1.165) is 49.0 Å². The van der Waals surface area contributed by atoms with Gasteiger partial charge in [-0.15, -0.1) is 11.3 Å². The lowest BCUT2D eigenvalue weighted by atomic mass is 10.2. The highest BCUT2D eigenvalue weighted by Crippen LogP contribution is 2.32. The molecule has 1 aliphatic heterocycles. The van der Waals surface area contributed by atoms with Crippen molar-refractivity contribution in [2.75, 3.05) is 18.0 Å². The minimum atomic E-state index is 0.0244. The molecule has 1 amide bonds. The smallest absolute Gasteiger partial charge is 0.226 e. The molecule has 8 heteroatoms. The Balaban J connectivity index is 1.71. The summed E-state index contributed by atoms with van der Waals surface area (Å²) in [6.45, 7) is 7.92. The minimum Gasteiger partial charge on any atom is -0.339 e. The fourth-order valence-corrected chi connectivity index (χ4v) is 3.97. The topological polar surface area (TPSA) is 75.4 Å². The van der Waals surface area contributed by atoms with E-state index in [-0.39, 0.29) is 11.9 Å². The van der Waals surface area contributed by atoms with E-state index in [1.54, 1.807) is 11.8 Å². The Morgan fingerprint density at radius 1 is 1.46 bits per heavy atom. The second-order valence-corrected chi connectivity index (χ2v) is 6.75. The van der Waals surface area contributed by atoms with Crippen molar-refractivity contribution < 1.29 is 9.32 Å². The van der Waals surface area contributed by atoms with Crippen LogP contribution in [0.5, 0.6) is 0 Å². The molecule has 0 radical (unpaired) electrons. The van der Waals surface area contributed by atoms with Gasteiger partial charge >= 0.3 is 0 Å². The third-order valence-corrected chi connectivity index (χ3v) is 5.19. The van der Waals surface area contributed by atoms with E-state index in [2.05, 4.69) is 20.0 Å². The van der Waals surface area contributed by atoms with Crippen molar-refractivity contribution in [2.24, 2.45) is 0 Å². The van der Waals surface area contributed by atoms with Crippen LogP contribution in [0.2, 0.25) is 0 Å². The van der Waals surface area contributed by atoms with E-state index in [1.165, 1.54) is 11.3 Å². The summed E-state index contributed by atoms with van der Waals surface area (Å²) in [6, 6.07) is 0.189. The van der Waals surface area contributed by atoms with Crippen molar-refractivity contribution in [2.45, 2.75) is 52.6 Å². The number of likely N-dealkylation sites (tertiary alicyclic amines) is 1. The van der Waals surface area contributed by atoms with Crippen molar-refractivity contribution in [3.63, 3.8) is 0 Å². The lowest BCUT2D eigenvalue weighted by Gasteiger charge is -2.20. The van der Waals surface area contributed by atoms with E-state index in [1.807, 2.05) is 19.2 Å². The molecule has 3 rings (SSSR count). The van der Waals surface area contributed by atoms with Crippen LogP contribution in [-0.2, 0) is 17.8 Å². The molecule has 130 valence electrons. The molecule has 0 saturated carbocycles. The summed E-state index contributed by atoms with van der Waals surface area (Å²) in [4.78, 5) is 24.8. The summed E-state index contributed by atoms with van der Waals surface area (Å²) in [5.74, 6) is 1.49. The summed E-state index contributed by atoms with van der Waals surface area (Å²) < 4.78 is 5.26. The van der Waals surface area contributed by atoms with Crippen LogP contribution in [0.1, 0.15) is 57.1 Å². The number of aryl methyl sites for hydroxylation is 1. The van der Waals surface area contributed by atoms with Gasteiger partial charge in [0.15, 0.2) is 11.0 Å². The van der Waals surface area contributed by atoms with Crippen LogP contribution >= 0.6 is 11.3 Å². The van der Waals surface area contributed by atoms with Gasteiger partial charge in [0, 0.05) is 31.8 Å². The average Bonchev–Trinajstić information content (AvgIpc) is 3.28. The Bertz CT molecular complexity index is 698. The van der Waals surface area contributed by atoms with Gasteiger partial charge < -0.3 is 4.52 Å². The molecule has 1 saturated heterocycles. The predicted octanol–water partition coefficient (Wildman–Crippen LogP) is 2.80. The van der Waals surface area contributed by atoms with Crippen LogP contribution in [0, 0.1) is 0 Å². The van der Waals surface area contributed by atoms with E-state index in [4.69, 9.17) is 4.52 Å². The number of amides is 1. The molecule has 0 aliphatic carbocycles. The standard InChI is InChI=1S/C16H23N5O2S/c1-4-14-18-15(19-23-14)13-7-6-8-20(13)9-12-10-24-16(17-12)21(5-2)11(3)22/h10,13H,4-9H2,1-3H3/t13-/m0/s1. The second-order valence-electron chi connectivity index (χ2n) is 5.91. The monoisotopic (exact) mass is 349 g/mol. The lowest BCUT2D eigenvalue weighted by Crippen LogP contribution is -2.28. The summed E-state index contributed by atoms with van der Waals surface area (Å²) in [6.07, 6.45) is 2.91. The van der Waals surface area contributed by atoms with Crippen molar-refractivity contribution in [3.8, 4) is 0 Å². The van der Waals surface area contributed by atoms with Gasteiger partial charge in [0.05, 0.1) is 11.7 Å². The van der Waals surface area contributed by atoms with Gasteiger partial charge in [0.1, 0.15) is 0 Å². The summed E-state index contributed by atoms with van der Waals surface area (Å²) in [5, 5.41) is 6.93. The number of nitrogens with zero attached hydrogens (tertiary/aromatic N) is 5. The van der Waals surface area contributed by atoms with Crippen LogP contribution in [0.25, 0.3) is 0 Å². The Morgan fingerprint density at radius 2 is 2.29 bits per heavy atom. The summed E-state index contributed by atoms with van der Waals surface area (Å²) >= 11 is 1.52. The number of rotatable bonds is 6. The van der Waals surface area contributed by atoms with Gasteiger partial charge in [-0.1, -0.05) is 12.1 Å². The number of carbonyl (C=O) groups is 1. The molecule has 2 aromatic rings. The quantitative estimate of drug-likeness (QED) is 0.798. The van der Waals surface area contributed by atoms with Crippen molar-refractivity contribution >= 4 is 22.4 Å². The molecule has 1 atom stereocenters. The van der Waals surface area contributed by atoms with E-state index in [0.29, 0.717) is 12.4 Å². The van der Waals surface area contributed by atoms with Crippen molar-refractivity contribution in [1.82, 2.24) is 20.0 Å². The molecular formula is C16H23N5O2S. The van der Waals surface area contributed by atoms with Crippen molar-refractivity contribution in [3.05, 3.63) is 22.8 Å². The number of carbonyl (C=O) groups excluding carboxylic acids is 1. The first-order valence-electron chi connectivity index (χ1n) is 8.41. The first-order valence-corrected chi connectivity index (χ1v) is 9.29. The highest BCUT2D eigenvalue weighted by molar-refractivity contribution is 7.14. The normalized spacial score (nSPS) is 18.2. The maximum atomic E-state index is 11.7. The highest BCUT2D eigenvalue weighted by atomic mass is 32.1. The SMILES string of the molecule is CCc1nc([C@@H]2CCCN2Cc2csc(N(CC)C(C)=O)n2)no1. The Hall–Kier alpha value is -1.80. The van der Waals surface area contributed by atoms with Gasteiger partial charge in [0.25, 0.3) is 0 Å². The largest absolute Gasteiger partial charge is 0.339 e. The molecule has 0 unspecified atom stereocenters. The maximum Gasteiger partial charge on any atom is 0.226 e. The Morgan fingerprint density at radius 3 is 2.96 bits per heavy atom. The number of anilines is 1. The van der Waals surface area contributed by atoms with Crippen LogP contribution in [-0.4, -0.2) is 39.0 Å². The number of hydrogen-bond acceptors (Lipinski definition) is 7. The molecule has 1 fully saturated rings. The van der Waals surface area contributed by atoms with E-state index >= 15 is 0 Å². The molecule has 0 aromatic carbocycles. The van der Waals surface area contributed by atoms with E-state index < -0.39 is 0 Å². The zero-order valence-electron chi connectivity index (χ0n) is 14.4. The molecule has 24 heavy (non-hydrogen) atoms. The minimum absolute atomic E-state index is 0.0244. The fourth-order valence-electron chi connectivity index (χ4n) is 3.05. The number of thiazole rings is 1. The van der Waals surface area contributed by atoms with Crippen LogP contribution in [0.3, 0.4) is 0 Å². The van der Waals surface area contributed by atoms with Crippen LogP contribution < -0.4 is 4.90 Å². The molecular weight excluding hydrogens is 326 g/mol. The zero-order valence-corrected chi connectivity index (χ0v) is 15.2. The van der Waals surface area contributed by atoms with Gasteiger partial charge in [-0.05, 0) is 26.3 Å². The highest BCUT2D eigenvalue weighted by Gasteiger charge is 2.30. The first kappa shape index (κ1) is 17.0. The van der Waals surface area contributed by atoms with E-state index in [9.17, 15) is 4.79 Å². The summed E-state index contributed by atoms with van der Waals surface area (Å²) in [5.41, 5.74) is 0.987. The maximum absolute atomic E-state index is 11.7. The Kier molecular flexibility index (Phi) is 5.25. The molecule has 7 nitrogen and oxygen atoms in total. The average molecular weight is 349 g/mol. The second kappa shape index (κ2) is 7.40. The molecule has 0 N–H and O–H groups in total. The molecule has 3 heterocycles. The molecule has 2 aromatic heterocycles.